The summed E-state index contributed by atoms with van der Waals surface area (Å²) in [7, 11) is 1.80. The number of fused-ring (bicyclic) bond motifs is 1. The van der Waals surface area contributed by atoms with Crippen LogP contribution in [0.5, 0.6) is 0 Å². The molecule has 0 N–H and O–H groups in total. The number of nitrogens with zero attached hydrogens (tertiary/aromatic N) is 3. The van der Waals surface area contributed by atoms with Crippen molar-refractivity contribution in [2.24, 2.45) is 5.92 Å². The van der Waals surface area contributed by atoms with Crippen molar-refractivity contribution >= 4 is 5.91 Å². The Hall–Kier alpha value is -2.17. The Morgan fingerprint density at radius 2 is 1.96 bits per heavy atom. The Kier molecular flexibility index (Phi) is 4.46. The largest absolute Gasteiger partial charge is 0.339 e. The monoisotopic (exact) mass is 313 g/mol. The van der Waals surface area contributed by atoms with E-state index in [1.54, 1.807) is 11.9 Å². The van der Waals surface area contributed by atoms with E-state index < -0.39 is 0 Å². The van der Waals surface area contributed by atoms with Gasteiger partial charge in [0.25, 0.3) is 0 Å². The van der Waals surface area contributed by atoms with Crippen LogP contribution in [0.4, 0.5) is 0 Å². The Morgan fingerprint density at radius 3 is 2.52 bits per heavy atom. The van der Waals surface area contributed by atoms with Gasteiger partial charge < -0.3 is 9.42 Å². The van der Waals surface area contributed by atoms with Crippen LogP contribution in [-0.2, 0) is 24.2 Å². The third-order valence-electron chi connectivity index (χ3n) is 4.38. The summed E-state index contributed by atoms with van der Waals surface area (Å²) in [6, 6.07) is 8.46. The van der Waals surface area contributed by atoms with Gasteiger partial charge in [0.15, 0.2) is 5.82 Å². The minimum Gasteiger partial charge on any atom is -0.339 e. The van der Waals surface area contributed by atoms with Crippen LogP contribution in [0.1, 0.15) is 49.0 Å². The first kappa shape index (κ1) is 15.7. The molecule has 1 aromatic heterocycles. The van der Waals surface area contributed by atoms with E-state index in [1.165, 1.54) is 11.1 Å². The lowest BCUT2D eigenvalue weighted by molar-refractivity contribution is -0.131. The van der Waals surface area contributed by atoms with E-state index in [0.717, 1.165) is 12.8 Å². The number of amides is 1. The molecule has 0 aliphatic heterocycles. The Labute approximate surface area is 136 Å². The number of hydrogen-bond acceptors (Lipinski definition) is 4. The van der Waals surface area contributed by atoms with Crippen LogP contribution in [0.2, 0.25) is 0 Å². The molecule has 1 aliphatic carbocycles. The average Bonchev–Trinajstić information content (AvgIpc) is 3.13. The van der Waals surface area contributed by atoms with E-state index in [4.69, 9.17) is 4.52 Å². The van der Waals surface area contributed by atoms with Crippen molar-refractivity contribution in [1.82, 2.24) is 15.0 Å². The second-order valence-corrected chi connectivity index (χ2v) is 6.70. The summed E-state index contributed by atoms with van der Waals surface area (Å²) in [6.45, 7) is 4.41. The first-order valence-corrected chi connectivity index (χ1v) is 8.16. The van der Waals surface area contributed by atoms with Crippen LogP contribution in [-0.4, -0.2) is 28.0 Å². The van der Waals surface area contributed by atoms with Crippen LogP contribution >= 0.6 is 0 Å². The molecule has 1 aromatic carbocycles. The highest BCUT2D eigenvalue weighted by atomic mass is 16.5. The molecule has 1 amide bonds. The van der Waals surface area contributed by atoms with Gasteiger partial charge in [0.1, 0.15) is 0 Å². The van der Waals surface area contributed by atoms with Gasteiger partial charge in [0, 0.05) is 19.4 Å². The molecular weight excluding hydrogens is 290 g/mol. The van der Waals surface area contributed by atoms with Crippen molar-refractivity contribution in [2.45, 2.75) is 45.6 Å². The van der Waals surface area contributed by atoms with E-state index >= 15 is 0 Å². The predicted octanol–water partition coefficient (Wildman–Crippen LogP) is 2.96. The van der Waals surface area contributed by atoms with E-state index in [1.807, 2.05) is 13.8 Å². The third-order valence-corrected chi connectivity index (χ3v) is 4.38. The van der Waals surface area contributed by atoms with Gasteiger partial charge in [0.05, 0.1) is 6.54 Å². The van der Waals surface area contributed by atoms with Gasteiger partial charge in [-0.2, -0.15) is 4.98 Å². The van der Waals surface area contributed by atoms with Crippen molar-refractivity contribution in [2.75, 3.05) is 7.05 Å². The smallest absolute Gasteiger partial charge is 0.229 e. The molecule has 0 saturated heterocycles. The number of carbonyl (C=O) groups excluding carboxylic acids is 1. The van der Waals surface area contributed by atoms with E-state index in [-0.39, 0.29) is 11.8 Å². The molecule has 5 heteroatoms. The standard InChI is InChI=1S/C18H23N3O2/c1-12(2)18-19-16(20-23-18)11-21(3)17(22)10-13-8-14-6-4-5-7-15(14)9-13/h4-7,12-13H,8-11H2,1-3H3. The van der Waals surface area contributed by atoms with Gasteiger partial charge in [-0.15, -0.1) is 0 Å². The first-order valence-electron chi connectivity index (χ1n) is 8.16. The van der Waals surface area contributed by atoms with E-state index in [0.29, 0.717) is 30.6 Å². The number of rotatable bonds is 5. The lowest BCUT2D eigenvalue weighted by atomic mass is 10.0. The summed E-state index contributed by atoms with van der Waals surface area (Å²) in [5.74, 6) is 1.93. The summed E-state index contributed by atoms with van der Waals surface area (Å²) in [4.78, 5) is 18.5. The van der Waals surface area contributed by atoms with Crippen molar-refractivity contribution in [1.29, 1.82) is 0 Å². The van der Waals surface area contributed by atoms with Gasteiger partial charge in [-0.3, -0.25) is 4.79 Å². The number of benzene rings is 1. The second-order valence-electron chi connectivity index (χ2n) is 6.70. The third kappa shape index (κ3) is 3.60. The molecule has 0 bridgehead atoms. The summed E-state index contributed by atoms with van der Waals surface area (Å²) in [6.07, 6.45) is 2.56. The Balaban J connectivity index is 1.54. The zero-order valence-corrected chi connectivity index (χ0v) is 14.0. The molecule has 5 nitrogen and oxygen atoms in total. The Morgan fingerprint density at radius 1 is 1.30 bits per heavy atom. The summed E-state index contributed by atoms with van der Waals surface area (Å²) < 4.78 is 5.18. The number of carbonyl (C=O) groups is 1. The summed E-state index contributed by atoms with van der Waals surface area (Å²) >= 11 is 0. The SMILES string of the molecule is CC(C)c1nc(CN(C)C(=O)CC2Cc3ccccc3C2)no1. The van der Waals surface area contributed by atoms with Crippen LogP contribution in [0.3, 0.4) is 0 Å². The molecule has 0 spiro atoms. The van der Waals surface area contributed by atoms with Gasteiger partial charge >= 0.3 is 0 Å². The van der Waals surface area contributed by atoms with E-state index in [9.17, 15) is 4.79 Å². The molecule has 0 fully saturated rings. The first-order chi connectivity index (χ1) is 11.0. The number of hydrogen-bond donors (Lipinski definition) is 0. The zero-order chi connectivity index (χ0) is 16.4. The Bertz CT molecular complexity index is 668. The molecule has 0 unspecified atom stereocenters. The van der Waals surface area contributed by atoms with Crippen molar-refractivity contribution in [3.63, 3.8) is 0 Å². The van der Waals surface area contributed by atoms with Crippen LogP contribution in [0.25, 0.3) is 0 Å². The molecule has 2 aromatic rings. The number of aromatic nitrogens is 2. The molecule has 0 radical (unpaired) electrons. The molecule has 3 rings (SSSR count). The maximum absolute atomic E-state index is 12.4. The van der Waals surface area contributed by atoms with Gasteiger partial charge in [-0.1, -0.05) is 43.3 Å². The van der Waals surface area contributed by atoms with Gasteiger partial charge in [0.2, 0.25) is 11.8 Å². The lowest BCUT2D eigenvalue weighted by Gasteiger charge is -2.17. The van der Waals surface area contributed by atoms with Crippen molar-refractivity contribution in [3.05, 3.63) is 47.1 Å². The molecule has 0 atom stereocenters. The normalized spacial score (nSPS) is 14.3. The maximum atomic E-state index is 12.4. The topological polar surface area (TPSA) is 59.2 Å². The summed E-state index contributed by atoms with van der Waals surface area (Å²) in [5.41, 5.74) is 2.76. The molecule has 122 valence electrons. The zero-order valence-electron chi connectivity index (χ0n) is 14.0. The van der Waals surface area contributed by atoms with Crippen LogP contribution in [0.15, 0.2) is 28.8 Å². The van der Waals surface area contributed by atoms with Gasteiger partial charge in [-0.25, -0.2) is 0 Å². The van der Waals surface area contributed by atoms with E-state index in [2.05, 4.69) is 34.4 Å². The molecule has 1 heterocycles. The van der Waals surface area contributed by atoms with Crippen LogP contribution < -0.4 is 0 Å². The quantitative estimate of drug-likeness (QED) is 0.851. The maximum Gasteiger partial charge on any atom is 0.229 e. The minimum absolute atomic E-state index is 0.138. The minimum atomic E-state index is 0.138. The van der Waals surface area contributed by atoms with Crippen molar-refractivity contribution < 1.29 is 9.32 Å². The predicted molar refractivity (Wildman–Crippen MR) is 86.8 cm³/mol. The lowest BCUT2D eigenvalue weighted by Crippen LogP contribution is -2.28. The fourth-order valence-electron chi connectivity index (χ4n) is 3.06. The second kappa shape index (κ2) is 6.52. The highest BCUT2D eigenvalue weighted by molar-refractivity contribution is 5.76. The summed E-state index contributed by atoms with van der Waals surface area (Å²) in [5, 5.41) is 3.94. The van der Waals surface area contributed by atoms with Gasteiger partial charge in [-0.05, 0) is 29.9 Å². The van der Waals surface area contributed by atoms with Crippen LogP contribution in [0, 0.1) is 5.92 Å². The highest BCUT2D eigenvalue weighted by Crippen LogP contribution is 2.29. The molecular formula is C18H23N3O2. The highest BCUT2D eigenvalue weighted by Gasteiger charge is 2.25. The molecule has 23 heavy (non-hydrogen) atoms. The molecule has 1 aliphatic rings. The fourth-order valence-corrected chi connectivity index (χ4v) is 3.06. The van der Waals surface area contributed by atoms with Crippen molar-refractivity contribution in [3.8, 4) is 0 Å². The fraction of sp³-hybridized carbons (Fsp3) is 0.500. The molecule has 0 saturated carbocycles. The average molecular weight is 313 g/mol.